The minimum atomic E-state index is 0.419. The average Bonchev–Trinajstić information content (AvgIpc) is 2.69. The third kappa shape index (κ3) is 0.929. The fraction of sp³-hybridized carbons (Fsp3) is 0.333. The number of rotatable bonds is 1. The maximum atomic E-state index is 5.69. The molecular weight excluding hydrogens is 122 g/mol. The molecule has 1 nitrogen and oxygen atoms in total. The van der Waals surface area contributed by atoms with Gasteiger partial charge in [0.2, 0.25) is 0 Å². The maximum Gasteiger partial charge on any atom is 0.0115 e. The number of hydrogen-bond acceptors (Lipinski definition) is 1. The van der Waals surface area contributed by atoms with Gasteiger partial charge in [0.25, 0.3) is 0 Å². The fourth-order valence-corrected chi connectivity index (χ4v) is 1.24. The van der Waals surface area contributed by atoms with Crippen LogP contribution in [0, 0.1) is 6.07 Å². The van der Waals surface area contributed by atoms with Crippen LogP contribution >= 0.6 is 0 Å². The van der Waals surface area contributed by atoms with Crippen molar-refractivity contribution in [1.82, 2.24) is 0 Å². The van der Waals surface area contributed by atoms with Gasteiger partial charge in [-0.25, -0.2) is 0 Å². The summed E-state index contributed by atoms with van der Waals surface area (Å²) >= 11 is 0. The second-order valence-corrected chi connectivity index (χ2v) is 2.84. The summed E-state index contributed by atoms with van der Waals surface area (Å²) in [7, 11) is 0. The minimum Gasteiger partial charge on any atom is -0.327 e. The first-order valence-electron chi connectivity index (χ1n) is 3.59. The molecule has 0 spiro atoms. The molecular formula is C9H10N. The van der Waals surface area contributed by atoms with Gasteiger partial charge in [0.05, 0.1) is 0 Å². The zero-order valence-electron chi connectivity index (χ0n) is 5.75. The van der Waals surface area contributed by atoms with E-state index < -0.39 is 0 Å². The van der Waals surface area contributed by atoms with Gasteiger partial charge in [-0.2, -0.15) is 0 Å². The monoisotopic (exact) mass is 132 g/mol. The Bertz CT molecular complexity index is 217. The Balaban J connectivity index is 2.20. The van der Waals surface area contributed by atoms with Gasteiger partial charge in [0.15, 0.2) is 0 Å². The predicted octanol–water partition coefficient (Wildman–Crippen LogP) is 1.30. The lowest BCUT2D eigenvalue weighted by atomic mass is 10.1. The molecule has 2 N–H and O–H groups in total. The van der Waals surface area contributed by atoms with Crippen LogP contribution in [0.1, 0.15) is 17.9 Å². The Kier molecular flexibility index (Phi) is 1.24. The molecule has 1 aromatic rings. The molecule has 2 atom stereocenters. The Morgan fingerprint density at radius 3 is 2.50 bits per heavy atom. The van der Waals surface area contributed by atoms with Crippen molar-refractivity contribution in [3.63, 3.8) is 0 Å². The van der Waals surface area contributed by atoms with Crippen molar-refractivity contribution in [3.8, 4) is 0 Å². The molecule has 0 saturated heterocycles. The molecule has 10 heavy (non-hydrogen) atoms. The van der Waals surface area contributed by atoms with Crippen LogP contribution in [0.4, 0.5) is 0 Å². The van der Waals surface area contributed by atoms with E-state index in [-0.39, 0.29) is 0 Å². The summed E-state index contributed by atoms with van der Waals surface area (Å²) in [5.41, 5.74) is 7.06. The smallest absolute Gasteiger partial charge is 0.0115 e. The number of benzene rings is 1. The lowest BCUT2D eigenvalue weighted by Gasteiger charge is -1.94. The molecule has 0 bridgehead atoms. The summed E-state index contributed by atoms with van der Waals surface area (Å²) in [6.45, 7) is 0. The van der Waals surface area contributed by atoms with E-state index in [2.05, 4.69) is 18.2 Å². The molecule has 1 heteroatoms. The van der Waals surface area contributed by atoms with Crippen molar-refractivity contribution in [2.45, 2.75) is 18.4 Å². The van der Waals surface area contributed by atoms with E-state index in [9.17, 15) is 0 Å². The highest BCUT2D eigenvalue weighted by Gasteiger charge is 2.34. The van der Waals surface area contributed by atoms with E-state index in [1.54, 1.807) is 0 Å². The highest BCUT2D eigenvalue weighted by Crippen LogP contribution is 2.38. The van der Waals surface area contributed by atoms with Crippen LogP contribution < -0.4 is 5.73 Å². The van der Waals surface area contributed by atoms with E-state index in [1.807, 2.05) is 12.1 Å². The molecule has 51 valence electrons. The van der Waals surface area contributed by atoms with E-state index in [0.29, 0.717) is 12.0 Å². The minimum absolute atomic E-state index is 0.419. The molecule has 1 radical (unpaired) electrons. The molecule has 1 saturated carbocycles. The average molecular weight is 132 g/mol. The van der Waals surface area contributed by atoms with Gasteiger partial charge in [-0.1, -0.05) is 24.3 Å². The highest BCUT2D eigenvalue weighted by atomic mass is 14.7. The van der Waals surface area contributed by atoms with Crippen LogP contribution in [-0.4, -0.2) is 6.04 Å². The lowest BCUT2D eigenvalue weighted by molar-refractivity contribution is 0.990. The third-order valence-corrected chi connectivity index (χ3v) is 2.01. The molecule has 0 amide bonds. The van der Waals surface area contributed by atoms with Gasteiger partial charge < -0.3 is 5.73 Å². The quantitative estimate of drug-likeness (QED) is 0.612. The van der Waals surface area contributed by atoms with Gasteiger partial charge in [-0.05, 0) is 18.1 Å². The zero-order chi connectivity index (χ0) is 6.97. The van der Waals surface area contributed by atoms with E-state index in [4.69, 9.17) is 5.73 Å². The topological polar surface area (TPSA) is 26.0 Å². The van der Waals surface area contributed by atoms with Crippen molar-refractivity contribution in [1.29, 1.82) is 0 Å². The van der Waals surface area contributed by atoms with Crippen molar-refractivity contribution >= 4 is 0 Å². The molecule has 1 aromatic carbocycles. The predicted molar refractivity (Wildman–Crippen MR) is 40.6 cm³/mol. The van der Waals surface area contributed by atoms with Crippen LogP contribution in [0.15, 0.2) is 24.3 Å². The van der Waals surface area contributed by atoms with Gasteiger partial charge in [0, 0.05) is 12.0 Å². The molecule has 1 aliphatic carbocycles. The van der Waals surface area contributed by atoms with Gasteiger partial charge in [0.1, 0.15) is 0 Å². The SMILES string of the molecule is NC1CC1c1cc[c]cc1. The van der Waals surface area contributed by atoms with Crippen molar-refractivity contribution < 1.29 is 0 Å². The summed E-state index contributed by atoms with van der Waals surface area (Å²) in [6.07, 6.45) is 1.16. The standard InChI is InChI=1S/C9H10N/c10-9-6-8(9)7-4-2-1-3-5-7/h2-5,8-9H,6,10H2. The summed E-state index contributed by atoms with van der Waals surface area (Å²) in [6, 6.07) is 11.5. The summed E-state index contributed by atoms with van der Waals surface area (Å²) in [5, 5.41) is 0. The van der Waals surface area contributed by atoms with Gasteiger partial charge >= 0.3 is 0 Å². The fourth-order valence-electron chi connectivity index (χ4n) is 1.24. The molecule has 2 rings (SSSR count). The normalized spacial score (nSPS) is 30.1. The number of hydrogen-bond donors (Lipinski definition) is 1. The molecule has 0 aromatic heterocycles. The first-order valence-corrected chi connectivity index (χ1v) is 3.59. The van der Waals surface area contributed by atoms with E-state index >= 15 is 0 Å². The Morgan fingerprint density at radius 2 is 2.00 bits per heavy atom. The van der Waals surface area contributed by atoms with E-state index in [1.165, 1.54) is 5.56 Å². The summed E-state index contributed by atoms with van der Waals surface area (Å²) < 4.78 is 0. The zero-order valence-corrected chi connectivity index (χ0v) is 5.75. The lowest BCUT2D eigenvalue weighted by Crippen LogP contribution is -2.00. The number of nitrogens with two attached hydrogens (primary N) is 1. The molecule has 1 fully saturated rings. The van der Waals surface area contributed by atoms with Crippen LogP contribution in [0.5, 0.6) is 0 Å². The van der Waals surface area contributed by atoms with Crippen molar-refractivity contribution in [2.24, 2.45) is 5.73 Å². The van der Waals surface area contributed by atoms with Crippen molar-refractivity contribution in [3.05, 3.63) is 35.9 Å². The maximum absolute atomic E-state index is 5.69. The summed E-state index contributed by atoms with van der Waals surface area (Å²) in [4.78, 5) is 0. The molecule has 1 aliphatic rings. The first kappa shape index (κ1) is 5.93. The summed E-state index contributed by atoms with van der Waals surface area (Å²) in [5.74, 6) is 0.634. The second-order valence-electron chi connectivity index (χ2n) is 2.84. The highest BCUT2D eigenvalue weighted by molar-refractivity contribution is 5.26. The third-order valence-electron chi connectivity index (χ3n) is 2.01. The molecule has 0 aliphatic heterocycles. The first-order chi connectivity index (χ1) is 4.88. The van der Waals surface area contributed by atoms with Gasteiger partial charge in [-0.15, -0.1) is 0 Å². The van der Waals surface area contributed by atoms with Crippen molar-refractivity contribution in [2.75, 3.05) is 0 Å². The van der Waals surface area contributed by atoms with Crippen LogP contribution in [0.25, 0.3) is 0 Å². The second kappa shape index (κ2) is 2.10. The largest absolute Gasteiger partial charge is 0.327 e. The Labute approximate surface area is 60.9 Å². The van der Waals surface area contributed by atoms with Crippen LogP contribution in [0.3, 0.4) is 0 Å². The van der Waals surface area contributed by atoms with Gasteiger partial charge in [-0.3, -0.25) is 0 Å². The molecule has 0 heterocycles. The van der Waals surface area contributed by atoms with Crippen LogP contribution in [-0.2, 0) is 0 Å². The Hall–Kier alpha value is -0.820. The Morgan fingerprint density at radius 1 is 1.40 bits per heavy atom. The van der Waals surface area contributed by atoms with Crippen LogP contribution in [0.2, 0.25) is 0 Å². The molecule has 2 unspecified atom stereocenters. The van der Waals surface area contributed by atoms with E-state index in [0.717, 1.165) is 6.42 Å².